The fourth-order valence-corrected chi connectivity index (χ4v) is 2.26. The van der Waals surface area contributed by atoms with Crippen molar-refractivity contribution in [2.45, 2.75) is 18.9 Å². The van der Waals surface area contributed by atoms with Crippen LogP contribution in [0.2, 0.25) is 0 Å². The molecule has 0 spiro atoms. The molecule has 0 bridgehead atoms. The first kappa shape index (κ1) is 12.6. The Hall–Kier alpha value is -1.87. The number of likely N-dealkylation sites (tertiary alicyclic amines) is 1. The number of nitrogens with zero attached hydrogens (tertiary/aromatic N) is 5. The third kappa shape index (κ3) is 2.51. The second kappa shape index (κ2) is 5.19. The van der Waals surface area contributed by atoms with Gasteiger partial charge in [-0.1, -0.05) is 0 Å². The van der Waals surface area contributed by atoms with Crippen molar-refractivity contribution in [1.29, 1.82) is 5.26 Å². The summed E-state index contributed by atoms with van der Waals surface area (Å²) in [5, 5.41) is 8.78. The lowest BCUT2D eigenvalue weighted by atomic mass is 10.2. The fourth-order valence-electron chi connectivity index (χ4n) is 2.26. The van der Waals surface area contributed by atoms with E-state index in [4.69, 9.17) is 11.0 Å². The van der Waals surface area contributed by atoms with E-state index in [2.05, 4.69) is 21.9 Å². The summed E-state index contributed by atoms with van der Waals surface area (Å²) in [6.45, 7) is 2.02. The molecule has 1 aromatic heterocycles. The minimum atomic E-state index is 0.245. The summed E-state index contributed by atoms with van der Waals surface area (Å²) in [5.74, 6) is 0.820. The lowest BCUT2D eigenvalue weighted by Gasteiger charge is -2.25. The zero-order valence-corrected chi connectivity index (χ0v) is 10.8. The van der Waals surface area contributed by atoms with Gasteiger partial charge in [-0.15, -0.1) is 0 Å². The number of aromatic nitrogens is 2. The van der Waals surface area contributed by atoms with Crippen LogP contribution in [-0.4, -0.2) is 48.1 Å². The topological polar surface area (TPSA) is 82.1 Å². The van der Waals surface area contributed by atoms with Crippen LogP contribution < -0.4 is 10.6 Å². The summed E-state index contributed by atoms with van der Waals surface area (Å²) >= 11 is 0. The van der Waals surface area contributed by atoms with Crippen molar-refractivity contribution >= 4 is 11.8 Å². The van der Waals surface area contributed by atoms with Gasteiger partial charge in [0.15, 0.2) is 0 Å². The number of hydrogen-bond acceptors (Lipinski definition) is 6. The van der Waals surface area contributed by atoms with E-state index in [1.807, 2.05) is 18.0 Å². The number of anilines is 2. The van der Waals surface area contributed by atoms with E-state index in [0.717, 1.165) is 13.1 Å². The van der Waals surface area contributed by atoms with Crippen LogP contribution in [0.5, 0.6) is 0 Å². The van der Waals surface area contributed by atoms with E-state index in [0.29, 0.717) is 17.6 Å². The summed E-state index contributed by atoms with van der Waals surface area (Å²) in [7, 11) is 4.09. The average molecular weight is 246 g/mol. The maximum atomic E-state index is 8.78. The van der Waals surface area contributed by atoms with Gasteiger partial charge in [0.25, 0.3) is 0 Å². The van der Waals surface area contributed by atoms with Crippen LogP contribution >= 0.6 is 0 Å². The molecule has 0 saturated carbocycles. The number of rotatable bonds is 3. The van der Waals surface area contributed by atoms with Gasteiger partial charge >= 0.3 is 0 Å². The van der Waals surface area contributed by atoms with E-state index in [1.165, 1.54) is 19.0 Å². The van der Waals surface area contributed by atoms with E-state index in [1.54, 1.807) is 0 Å². The van der Waals surface area contributed by atoms with Crippen LogP contribution in [-0.2, 0) is 0 Å². The molecule has 1 saturated heterocycles. The molecule has 0 radical (unpaired) electrons. The smallest absolute Gasteiger partial charge is 0.227 e. The number of nitrogens with two attached hydrogens (primary N) is 1. The minimum Gasteiger partial charge on any atom is -0.382 e. The number of nitriles is 1. The highest BCUT2D eigenvalue weighted by Gasteiger charge is 2.23. The highest BCUT2D eigenvalue weighted by molar-refractivity contribution is 5.50. The Morgan fingerprint density at radius 1 is 1.67 bits per heavy atom. The first-order valence-corrected chi connectivity index (χ1v) is 6.06. The Kier molecular flexibility index (Phi) is 3.63. The van der Waals surface area contributed by atoms with Crippen LogP contribution in [0.25, 0.3) is 0 Å². The largest absolute Gasteiger partial charge is 0.382 e. The van der Waals surface area contributed by atoms with Gasteiger partial charge in [-0.2, -0.15) is 10.2 Å². The van der Waals surface area contributed by atoms with Crippen molar-refractivity contribution in [2.75, 3.05) is 37.8 Å². The predicted octanol–water partition coefficient (Wildman–Crippen LogP) is 0.461. The molecular weight excluding hydrogens is 228 g/mol. The second-order valence-corrected chi connectivity index (χ2v) is 4.74. The molecule has 0 amide bonds. The molecule has 96 valence electrons. The molecule has 0 aliphatic carbocycles. The van der Waals surface area contributed by atoms with Crippen molar-refractivity contribution < 1.29 is 0 Å². The highest BCUT2D eigenvalue weighted by atomic mass is 15.3. The third-order valence-electron chi connectivity index (χ3n) is 3.42. The number of likely N-dealkylation sites (N-methyl/N-ethyl adjacent to an activating group) is 2. The van der Waals surface area contributed by atoms with Crippen molar-refractivity contribution in [1.82, 2.24) is 14.9 Å². The zero-order chi connectivity index (χ0) is 13.1. The fraction of sp³-hybridized carbons (Fsp3) is 0.583. The van der Waals surface area contributed by atoms with E-state index in [-0.39, 0.29) is 5.82 Å². The normalized spacial score (nSPS) is 19.7. The Bertz CT molecular complexity index is 466. The monoisotopic (exact) mass is 246 g/mol. The molecule has 1 fully saturated rings. The molecule has 1 aliphatic heterocycles. The maximum absolute atomic E-state index is 8.78. The van der Waals surface area contributed by atoms with Gasteiger partial charge < -0.3 is 15.5 Å². The third-order valence-corrected chi connectivity index (χ3v) is 3.42. The quantitative estimate of drug-likeness (QED) is 0.834. The van der Waals surface area contributed by atoms with Crippen LogP contribution in [0.4, 0.5) is 11.8 Å². The number of hydrogen-bond donors (Lipinski definition) is 1. The van der Waals surface area contributed by atoms with E-state index >= 15 is 0 Å². The molecule has 0 aromatic carbocycles. The molecule has 6 heteroatoms. The van der Waals surface area contributed by atoms with Crippen LogP contribution in [0.15, 0.2) is 6.20 Å². The van der Waals surface area contributed by atoms with Crippen molar-refractivity contribution in [3.63, 3.8) is 0 Å². The highest BCUT2D eigenvalue weighted by Crippen LogP contribution is 2.18. The Morgan fingerprint density at radius 3 is 3.00 bits per heavy atom. The average Bonchev–Trinajstić information content (AvgIpc) is 2.75. The summed E-state index contributed by atoms with van der Waals surface area (Å²) in [6.07, 6.45) is 3.92. The molecule has 1 aromatic rings. The lowest BCUT2D eigenvalue weighted by molar-refractivity contribution is 0.313. The number of nitrogen functional groups attached to an aromatic ring is 1. The molecule has 2 N–H and O–H groups in total. The molecule has 1 aliphatic rings. The van der Waals surface area contributed by atoms with Crippen LogP contribution in [0.3, 0.4) is 0 Å². The Morgan fingerprint density at radius 2 is 2.44 bits per heavy atom. The molecule has 1 atom stereocenters. The zero-order valence-electron chi connectivity index (χ0n) is 10.8. The molecule has 2 heterocycles. The first-order chi connectivity index (χ1) is 8.61. The Balaban J connectivity index is 2.07. The summed E-state index contributed by atoms with van der Waals surface area (Å²) < 4.78 is 0. The van der Waals surface area contributed by atoms with E-state index < -0.39 is 0 Å². The summed E-state index contributed by atoms with van der Waals surface area (Å²) in [4.78, 5) is 12.7. The van der Waals surface area contributed by atoms with Crippen LogP contribution in [0, 0.1) is 11.3 Å². The SMILES string of the molecule is CN(C[C@@H]1CCCN1C)c1ncc(C#N)c(N)n1. The Labute approximate surface area is 107 Å². The molecular formula is C12H18N6. The summed E-state index contributed by atoms with van der Waals surface area (Å²) in [5.41, 5.74) is 6.02. The molecule has 0 unspecified atom stereocenters. The second-order valence-electron chi connectivity index (χ2n) is 4.74. The van der Waals surface area contributed by atoms with Gasteiger partial charge in [0, 0.05) is 19.6 Å². The van der Waals surface area contributed by atoms with Crippen molar-refractivity contribution in [2.24, 2.45) is 0 Å². The van der Waals surface area contributed by atoms with Gasteiger partial charge in [0.2, 0.25) is 5.95 Å². The minimum absolute atomic E-state index is 0.245. The molecule has 18 heavy (non-hydrogen) atoms. The molecule has 6 nitrogen and oxygen atoms in total. The van der Waals surface area contributed by atoms with E-state index in [9.17, 15) is 0 Å². The molecule has 2 rings (SSSR count). The standard InChI is InChI=1S/C12H18N6/c1-17-5-3-4-10(17)8-18(2)12-15-7-9(6-13)11(14)16-12/h7,10H,3-5,8H2,1-2H3,(H2,14,15,16)/t10-/m0/s1. The maximum Gasteiger partial charge on any atom is 0.227 e. The predicted molar refractivity (Wildman–Crippen MR) is 70.1 cm³/mol. The van der Waals surface area contributed by atoms with Crippen molar-refractivity contribution in [3.05, 3.63) is 11.8 Å². The first-order valence-electron chi connectivity index (χ1n) is 6.06. The van der Waals surface area contributed by atoms with Gasteiger partial charge in [0.1, 0.15) is 17.5 Å². The van der Waals surface area contributed by atoms with Gasteiger partial charge in [-0.3, -0.25) is 0 Å². The summed E-state index contributed by atoms with van der Waals surface area (Å²) in [6, 6.07) is 2.50. The lowest BCUT2D eigenvalue weighted by Crippen LogP contribution is -2.37. The van der Waals surface area contributed by atoms with Crippen LogP contribution in [0.1, 0.15) is 18.4 Å². The van der Waals surface area contributed by atoms with Gasteiger partial charge in [0.05, 0.1) is 6.20 Å². The van der Waals surface area contributed by atoms with Crippen molar-refractivity contribution in [3.8, 4) is 6.07 Å². The van der Waals surface area contributed by atoms with Gasteiger partial charge in [-0.05, 0) is 26.4 Å². The van der Waals surface area contributed by atoms with Gasteiger partial charge in [-0.25, -0.2) is 4.98 Å².